The molecule has 21 heavy (non-hydrogen) atoms. The molecular weight excluding hydrogens is 299 g/mol. The van der Waals surface area contributed by atoms with E-state index in [1.54, 1.807) is 0 Å². The molecule has 2 heteroatoms. The summed E-state index contributed by atoms with van der Waals surface area (Å²) in [5.41, 5.74) is 4.06. The monoisotopic (exact) mass is 326 g/mol. The molecule has 0 N–H and O–H groups in total. The van der Waals surface area contributed by atoms with E-state index in [4.69, 9.17) is 23.2 Å². The van der Waals surface area contributed by atoms with Gasteiger partial charge in [-0.3, -0.25) is 0 Å². The SMILES string of the molecule is Cc1cc(C(Cl)C2CCC(C(C)(C)C)CC2)c(C)cc1Cl. The topological polar surface area (TPSA) is 0 Å². The lowest BCUT2D eigenvalue weighted by molar-refractivity contribution is 0.148. The third kappa shape index (κ3) is 3.96. The van der Waals surface area contributed by atoms with Crippen molar-refractivity contribution >= 4 is 23.2 Å². The number of halogens is 2. The molecule has 1 aromatic rings. The van der Waals surface area contributed by atoms with Crippen molar-refractivity contribution in [1.82, 2.24) is 0 Å². The van der Waals surface area contributed by atoms with Gasteiger partial charge in [-0.05, 0) is 79.5 Å². The third-order valence-electron chi connectivity index (χ3n) is 5.25. The Hall–Kier alpha value is -0.200. The number of rotatable bonds is 2. The lowest BCUT2D eigenvalue weighted by Gasteiger charge is -2.38. The van der Waals surface area contributed by atoms with E-state index < -0.39 is 0 Å². The molecular formula is C19H28Cl2. The second-order valence-electron chi connectivity index (χ2n) is 7.84. The lowest BCUT2D eigenvalue weighted by atomic mass is 9.69. The largest absolute Gasteiger partial charge is 0.118 e. The van der Waals surface area contributed by atoms with E-state index in [0.29, 0.717) is 11.3 Å². The maximum absolute atomic E-state index is 6.83. The van der Waals surface area contributed by atoms with Gasteiger partial charge in [0, 0.05) is 5.02 Å². The first-order valence-corrected chi connectivity index (χ1v) is 8.92. The van der Waals surface area contributed by atoms with Gasteiger partial charge in [-0.15, -0.1) is 11.6 Å². The predicted octanol–water partition coefficient (Wildman–Crippen LogP) is 7.09. The maximum Gasteiger partial charge on any atom is 0.0616 e. The fourth-order valence-corrected chi connectivity index (χ4v) is 4.34. The highest BCUT2D eigenvalue weighted by molar-refractivity contribution is 6.31. The minimum Gasteiger partial charge on any atom is -0.118 e. The molecule has 118 valence electrons. The summed E-state index contributed by atoms with van der Waals surface area (Å²) in [6.07, 6.45) is 5.11. The molecule has 0 heterocycles. The van der Waals surface area contributed by atoms with Gasteiger partial charge in [0.1, 0.15) is 0 Å². The standard InChI is InChI=1S/C19H28Cl2/c1-12-11-17(20)13(2)10-16(12)18(21)14-6-8-15(9-7-14)19(3,4)5/h10-11,14-15,18H,6-9H2,1-5H3. The van der Waals surface area contributed by atoms with E-state index in [2.05, 4.69) is 46.8 Å². The van der Waals surface area contributed by atoms with Gasteiger partial charge in [0.15, 0.2) is 0 Å². The van der Waals surface area contributed by atoms with Crippen LogP contribution in [0.3, 0.4) is 0 Å². The van der Waals surface area contributed by atoms with Gasteiger partial charge >= 0.3 is 0 Å². The molecule has 2 rings (SSSR count). The Morgan fingerprint density at radius 1 is 1.00 bits per heavy atom. The smallest absolute Gasteiger partial charge is 0.0616 e. The molecule has 1 aliphatic carbocycles. The average Bonchev–Trinajstić information content (AvgIpc) is 2.41. The van der Waals surface area contributed by atoms with Crippen LogP contribution in [0.2, 0.25) is 5.02 Å². The molecule has 1 fully saturated rings. The van der Waals surface area contributed by atoms with Gasteiger partial charge in [0.25, 0.3) is 0 Å². The highest BCUT2D eigenvalue weighted by atomic mass is 35.5. The van der Waals surface area contributed by atoms with E-state index in [0.717, 1.165) is 16.5 Å². The molecule has 0 nitrogen and oxygen atoms in total. The molecule has 0 saturated heterocycles. The van der Waals surface area contributed by atoms with Crippen LogP contribution < -0.4 is 0 Å². The number of alkyl halides is 1. The van der Waals surface area contributed by atoms with Gasteiger partial charge in [0.2, 0.25) is 0 Å². The van der Waals surface area contributed by atoms with Crippen molar-refractivity contribution in [3.05, 3.63) is 33.8 Å². The van der Waals surface area contributed by atoms with Crippen molar-refractivity contribution in [2.45, 2.75) is 65.7 Å². The van der Waals surface area contributed by atoms with Crippen molar-refractivity contribution < 1.29 is 0 Å². The van der Waals surface area contributed by atoms with Gasteiger partial charge in [-0.25, -0.2) is 0 Å². The molecule has 1 atom stereocenters. The molecule has 1 saturated carbocycles. The molecule has 0 spiro atoms. The zero-order valence-electron chi connectivity index (χ0n) is 14.0. The normalized spacial score (nSPS) is 24.9. The Morgan fingerprint density at radius 2 is 1.57 bits per heavy atom. The van der Waals surface area contributed by atoms with Crippen LogP contribution >= 0.6 is 23.2 Å². The average molecular weight is 327 g/mol. The van der Waals surface area contributed by atoms with E-state index in [1.165, 1.54) is 36.8 Å². The van der Waals surface area contributed by atoms with Crippen molar-refractivity contribution in [3.63, 3.8) is 0 Å². The fraction of sp³-hybridized carbons (Fsp3) is 0.684. The number of hydrogen-bond acceptors (Lipinski definition) is 0. The van der Waals surface area contributed by atoms with Crippen molar-refractivity contribution in [2.75, 3.05) is 0 Å². The molecule has 0 amide bonds. The molecule has 1 aliphatic rings. The van der Waals surface area contributed by atoms with E-state index in [9.17, 15) is 0 Å². The zero-order valence-corrected chi connectivity index (χ0v) is 15.5. The van der Waals surface area contributed by atoms with Crippen molar-refractivity contribution in [2.24, 2.45) is 17.3 Å². The molecule has 0 radical (unpaired) electrons. The van der Waals surface area contributed by atoms with Crippen LogP contribution in [0.25, 0.3) is 0 Å². The quantitative estimate of drug-likeness (QED) is 0.509. The van der Waals surface area contributed by atoms with Gasteiger partial charge < -0.3 is 0 Å². The Labute approximate surface area is 140 Å². The van der Waals surface area contributed by atoms with Crippen molar-refractivity contribution in [1.29, 1.82) is 0 Å². The van der Waals surface area contributed by atoms with Crippen LogP contribution in [-0.2, 0) is 0 Å². The highest BCUT2D eigenvalue weighted by Gasteiger charge is 2.33. The highest BCUT2D eigenvalue weighted by Crippen LogP contribution is 2.46. The summed E-state index contributed by atoms with van der Waals surface area (Å²) in [6, 6.07) is 4.24. The van der Waals surface area contributed by atoms with Crippen LogP contribution in [0.15, 0.2) is 12.1 Å². The summed E-state index contributed by atoms with van der Waals surface area (Å²) in [7, 11) is 0. The van der Waals surface area contributed by atoms with Crippen LogP contribution in [0.4, 0.5) is 0 Å². The predicted molar refractivity (Wildman–Crippen MR) is 94.4 cm³/mol. The summed E-state index contributed by atoms with van der Waals surface area (Å²) in [5, 5.41) is 0.971. The second kappa shape index (κ2) is 6.50. The minimum atomic E-state index is 0.127. The first-order valence-electron chi connectivity index (χ1n) is 8.11. The van der Waals surface area contributed by atoms with E-state index in [1.807, 2.05) is 0 Å². The summed E-state index contributed by atoms with van der Waals surface area (Å²) in [5.74, 6) is 1.44. The van der Waals surface area contributed by atoms with Gasteiger partial charge in [-0.1, -0.05) is 38.4 Å². The van der Waals surface area contributed by atoms with Crippen LogP contribution in [0, 0.1) is 31.1 Å². The molecule has 1 aromatic carbocycles. The van der Waals surface area contributed by atoms with Crippen LogP contribution in [-0.4, -0.2) is 0 Å². The number of hydrogen-bond donors (Lipinski definition) is 0. The summed E-state index contributed by atoms with van der Waals surface area (Å²) >= 11 is 13.0. The van der Waals surface area contributed by atoms with E-state index >= 15 is 0 Å². The zero-order chi connectivity index (χ0) is 15.8. The fourth-order valence-electron chi connectivity index (χ4n) is 3.63. The second-order valence-corrected chi connectivity index (χ2v) is 8.71. The molecule has 0 bridgehead atoms. The Morgan fingerprint density at radius 3 is 2.10 bits per heavy atom. The summed E-state index contributed by atoms with van der Waals surface area (Å²) in [4.78, 5) is 0. The number of aryl methyl sites for hydroxylation is 2. The number of benzene rings is 1. The third-order valence-corrected chi connectivity index (χ3v) is 6.25. The van der Waals surface area contributed by atoms with E-state index in [-0.39, 0.29) is 5.38 Å². The van der Waals surface area contributed by atoms with Crippen LogP contribution in [0.1, 0.15) is 68.5 Å². The molecule has 0 aromatic heterocycles. The van der Waals surface area contributed by atoms with Gasteiger partial charge in [-0.2, -0.15) is 0 Å². The maximum atomic E-state index is 6.83. The Balaban J connectivity index is 2.09. The summed E-state index contributed by atoms with van der Waals surface area (Å²) < 4.78 is 0. The summed E-state index contributed by atoms with van der Waals surface area (Å²) in [6.45, 7) is 11.3. The molecule has 0 aliphatic heterocycles. The Kier molecular flexibility index (Phi) is 5.31. The molecule has 1 unspecified atom stereocenters. The first-order chi connectivity index (χ1) is 9.70. The minimum absolute atomic E-state index is 0.127. The lowest BCUT2D eigenvalue weighted by Crippen LogP contribution is -2.27. The Bertz CT molecular complexity index is 491. The van der Waals surface area contributed by atoms with Crippen LogP contribution in [0.5, 0.6) is 0 Å². The van der Waals surface area contributed by atoms with Gasteiger partial charge in [0.05, 0.1) is 5.38 Å². The first kappa shape index (κ1) is 17.2. The van der Waals surface area contributed by atoms with Crippen molar-refractivity contribution in [3.8, 4) is 0 Å².